The van der Waals surface area contributed by atoms with Gasteiger partial charge < -0.3 is 4.42 Å². The summed E-state index contributed by atoms with van der Waals surface area (Å²) in [6, 6.07) is 71.3. The van der Waals surface area contributed by atoms with Crippen LogP contribution < -0.4 is 0 Å². The molecule has 2 aromatic heterocycles. The van der Waals surface area contributed by atoms with Gasteiger partial charge in [-0.15, -0.1) is 0 Å². The fourth-order valence-electron chi connectivity index (χ4n) is 7.52. The first-order chi connectivity index (χ1) is 28.2. The Kier molecular flexibility index (Phi) is 8.82. The molecule has 0 N–H and O–H groups in total. The Bertz CT molecular complexity index is 2950. The third-order valence-electron chi connectivity index (χ3n) is 10.4. The van der Waals surface area contributed by atoms with Crippen LogP contribution in [0.1, 0.15) is 16.7 Å². The summed E-state index contributed by atoms with van der Waals surface area (Å²) < 4.78 is 6.82. The summed E-state index contributed by atoms with van der Waals surface area (Å²) in [7, 11) is 0. The summed E-state index contributed by atoms with van der Waals surface area (Å²) in [4.78, 5) is 15.1. The minimum Gasteiger partial charge on any atom is -0.455 e. The second-order valence-corrected chi connectivity index (χ2v) is 14.0. The van der Waals surface area contributed by atoms with E-state index in [0.29, 0.717) is 17.5 Å². The molecule has 57 heavy (non-hydrogen) atoms. The second kappa shape index (κ2) is 14.9. The van der Waals surface area contributed by atoms with Gasteiger partial charge in [-0.25, -0.2) is 15.0 Å². The Hall–Kier alpha value is -7.69. The molecular weight excluding hydrogens is 695 g/mol. The van der Waals surface area contributed by atoms with E-state index in [1.54, 1.807) is 0 Å². The van der Waals surface area contributed by atoms with Crippen LogP contribution in [-0.4, -0.2) is 15.0 Å². The summed E-state index contributed by atoms with van der Waals surface area (Å²) in [6.07, 6.45) is 2.28. The van der Waals surface area contributed by atoms with Gasteiger partial charge >= 0.3 is 0 Å². The number of aromatic nitrogens is 3. The maximum atomic E-state index is 6.82. The van der Waals surface area contributed by atoms with E-state index in [9.17, 15) is 0 Å². The molecule has 0 atom stereocenters. The zero-order chi connectivity index (χ0) is 38.0. The van der Waals surface area contributed by atoms with Gasteiger partial charge in [0.15, 0.2) is 17.5 Å². The van der Waals surface area contributed by atoms with Gasteiger partial charge in [0.05, 0.1) is 5.56 Å². The molecule has 268 valence electrons. The lowest BCUT2D eigenvalue weighted by molar-refractivity contribution is 0.669. The number of fused-ring (bicyclic) bond motifs is 3. The van der Waals surface area contributed by atoms with Crippen molar-refractivity contribution < 1.29 is 4.42 Å². The lowest BCUT2D eigenvalue weighted by Crippen LogP contribution is -2.00. The normalized spacial score (nSPS) is 11.6. The lowest BCUT2D eigenvalue weighted by Gasteiger charge is -2.14. The maximum Gasteiger partial charge on any atom is 0.167 e. The first-order valence-corrected chi connectivity index (χ1v) is 19.1. The number of furan rings is 1. The van der Waals surface area contributed by atoms with E-state index in [1.807, 2.05) is 84.9 Å². The van der Waals surface area contributed by atoms with Crippen LogP contribution in [0.25, 0.3) is 90.0 Å². The van der Waals surface area contributed by atoms with E-state index >= 15 is 0 Å². The molecule has 0 radical (unpaired) electrons. The molecule has 0 unspecified atom stereocenters. The van der Waals surface area contributed by atoms with Gasteiger partial charge in [-0.05, 0) is 62.7 Å². The van der Waals surface area contributed by atoms with Crippen molar-refractivity contribution in [2.45, 2.75) is 0 Å². The van der Waals surface area contributed by atoms with Crippen molar-refractivity contribution in [2.24, 2.45) is 0 Å². The number of benzene rings is 8. The molecule has 0 aliphatic heterocycles. The highest BCUT2D eigenvalue weighted by Gasteiger charge is 2.22. The highest BCUT2D eigenvalue weighted by Crippen LogP contribution is 2.42. The molecule has 8 aromatic carbocycles. The lowest BCUT2D eigenvalue weighted by atomic mass is 9.90. The van der Waals surface area contributed by atoms with Crippen molar-refractivity contribution in [2.75, 3.05) is 0 Å². The Labute approximate surface area is 331 Å². The summed E-state index contributed by atoms with van der Waals surface area (Å²) in [5.41, 5.74) is 13.2. The van der Waals surface area contributed by atoms with E-state index in [-0.39, 0.29) is 0 Å². The average Bonchev–Trinajstić information content (AvgIpc) is 3.69. The average molecular weight is 730 g/mol. The number of hydrogen-bond acceptors (Lipinski definition) is 4. The Morgan fingerprint density at radius 1 is 0.386 bits per heavy atom. The van der Waals surface area contributed by atoms with Crippen LogP contribution in [0, 0.1) is 0 Å². The molecule has 0 saturated heterocycles. The van der Waals surface area contributed by atoms with E-state index in [2.05, 4.69) is 127 Å². The van der Waals surface area contributed by atoms with Crippen LogP contribution in [0.15, 0.2) is 211 Å². The van der Waals surface area contributed by atoms with Crippen molar-refractivity contribution in [3.63, 3.8) is 0 Å². The summed E-state index contributed by atoms with van der Waals surface area (Å²) >= 11 is 0. The van der Waals surface area contributed by atoms with Crippen LogP contribution in [0.4, 0.5) is 0 Å². The van der Waals surface area contributed by atoms with Gasteiger partial charge in [-0.2, -0.15) is 0 Å². The fourth-order valence-corrected chi connectivity index (χ4v) is 7.52. The van der Waals surface area contributed by atoms with Gasteiger partial charge in [-0.1, -0.05) is 194 Å². The number of rotatable bonds is 8. The second-order valence-electron chi connectivity index (χ2n) is 14.0. The number of nitrogens with zero attached hydrogens (tertiary/aromatic N) is 3. The topological polar surface area (TPSA) is 51.8 Å². The SMILES string of the molecule is C(=C(\c1ccc(-c2ccccc2)cc1)c1ccc(-c2nc(-c3ccccc3)nc(-c3ccccc3)n2)c2oc3ccccc3c12)/c1ccc(-c2ccccc2)cc1. The summed E-state index contributed by atoms with van der Waals surface area (Å²) in [5.74, 6) is 1.75. The molecule has 2 heterocycles. The molecule has 0 bridgehead atoms. The van der Waals surface area contributed by atoms with E-state index in [4.69, 9.17) is 19.4 Å². The number of para-hydroxylation sites is 1. The van der Waals surface area contributed by atoms with Gasteiger partial charge in [0.1, 0.15) is 11.2 Å². The van der Waals surface area contributed by atoms with Crippen LogP contribution in [0.2, 0.25) is 0 Å². The largest absolute Gasteiger partial charge is 0.455 e. The Balaban J connectivity index is 1.18. The zero-order valence-electron chi connectivity index (χ0n) is 31.0. The monoisotopic (exact) mass is 729 g/mol. The predicted molar refractivity (Wildman–Crippen MR) is 234 cm³/mol. The highest BCUT2D eigenvalue weighted by atomic mass is 16.3. The van der Waals surface area contributed by atoms with Crippen LogP contribution in [0.3, 0.4) is 0 Å². The van der Waals surface area contributed by atoms with Gasteiger partial charge in [0.25, 0.3) is 0 Å². The molecule has 10 rings (SSSR count). The Morgan fingerprint density at radius 3 is 1.40 bits per heavy atom. The van der Waals surface area contributed by atoms with Gasteiger partial charge in [-0.3, -0.25) is 0 Å². The minimum absolute atomic E-state index is 0.549. The van der Waals surface area contributed by atoms with E-state index < -0.39 is 0 Å². The smallest absolute Gasteiger partial charge is 0.167 e. The molecule has 0 aliphatic rings. The van der Waals surface area contributed by atoms with Crippen LogP contribution in [-0.2, 0) is 0 Å². The maximum absolute atomic E-state index is 6.82. The molecule has 0 amide bonds. The first kappa shape index (κ1) is 33.8. The van der Waals surface area contributed by atoms with Crippen molar-refractivity contribution in [1.29, 1.82) is 0 Å². The van der Waals surface area contributed by atoms with Crippen molar-refractivity contribution in [1.82, 2.24) is 15.0 Å². The molecule has 10 aromatic rings. The number of hydrogen-bond donors (Lipinski definition) is 0. The van der Waals surface area contributed by atoms with Gasteiger partial charge in [0, 0.05) is 21.9 Å². The third-order valence-corrected chi connectivity index (χ3v) is 10.4. The minimum atomic E-state index is 0.549. The molecule has 0 saturated carbocycles. The Morgan fingerprint density at radius 2 is 0.842 bits per heavy atom. The molecule has 0 aliphatic carbocycles. The third kappa shape index (κ3) is 6.70. The summed E-state index contributed by atoms with van der Waals surface area (Å²) in [6.45, 7) is 0. The van der Waals surface area contributed by atoms with Crippen LogP contribution >= 0.6 is 0 Å². The molecule has 0 spiro atoms. The van der Waals surface area contributed by atoms with Crippen molar-refractivity contribution in [3.05, 3.63) is 223 Å². The molecular formula is C53H35N3O. The van der Waals surface area contributed by atoms with E-state index in [0.717, 1.165) is 60.9 Å². The van der Waals surface area contributed by atoms with Crippen LogP contribution in [0.5, 0.6) is 0 Å². The molecule has 4 heteroatoms. The first-order valence-electron chi connectivity index (χ1n) is 19.1. The fraction of sp³-hybridized carbons (Fsp3) is 0. The molecule has 4 nitrogen and oxygen atoms in total. The highest BCUT2D eigenvalue weighted by molar-refractivity contribution is 6.16. The zero-order valence-corrected chi connectivity index (χ0v) is 31.0. The van der Waals surface area contributed by atoms with E-state index in [1.165, 1.54) is 22.3 Å². The van der Waals surface area contributed by atoms with Crippen molar-refractivity contribution in [3.8, 4) is 56.4 Å². The quantitative estimate of drug-likeness (QED) is 0.146. The summed E-state index contributed by atoms with van der Waals surface area (Å²) in [5, 5.41) is 2.03. The van der Waals surface area contributed by atoms with Crippen molar-refractivity contribution >= 4 is 33.6 Å². The van der Waals surface area contributed by atoms with Gasteiger partial charge in [0.2, 0.25) is 0 Å². The standard InChI is InChI=1S/C53H35N3O/c1-5-15-37(16-6-1)39-27-25-36(26-28-39)35-47(41-31-29-40(30-32-41)38-17-7-2-8-18-38)44-33-34-46(50-49(44)45-23-13-14-24-48(45)57-50)53-55-51(42-19-9-3-10-20-42)54-52(56-53)43-21-11-4-12-22-43/h1-35H/b47-35-. The molecule has 0 fully saturated rings. The predicted octanol–water partition coefficient (Wildman–Crippen LogP) is 13.7.